The van der Waals surface area contributed by atoms with Gasteiger partial charge in [-0.25, -0.2) is 9.97 Å². The van der Waals surface area contributed by atoms with Gasteiger partial charge in [0.15, 0.2) is 11.5 Å². The van der Waals surface area contributed by atoms with Crippen molar-refractivity contribution < 1.29 is 13.2 Å². The molecule has 9 nitrogen and oxygen atoms in total. The Morgan fingerprint density at radius 2 is 2.17 bits per heavy atom. The van der Waals surface area contributed by atoms with Gasteiger partial charge in [-0.15, -0.1) is 0 Å². The molecule has 1 aromatic heterocycles. The molecule has 160 valence electrons. The minimum absolute atomic E-state index is 0.00241. The summed E-state index contributed by atoms with van der Waals surface area (Å²) in [5, 5.41) is 3.59. The number of aromatic nitrogens is 2. The zero-order valence-electron chi connectivity index (χ0n) is 16.1. The molecular weight excluding hydrogens is 399 g/mol. The molecule has 30 heavy (non-hydrogen) atoms. The van der Waals surface area contributed by atoms with Crippen LogP contribution < -0.4 is 16.5 Å². The summed E-state index contributed by atoms with van der Waals surface area (Å²) in [6.07, 6.45) is 2.11. The first-order chi connectivity index (χ1) is 14.3. The van der Waals surface area contributed by atoms with Gasteiger partial charge < -0.3 is 21.4 Å². The summed E-state index contributed by atoms with van der Waals surface area (Å²) in [5.41, 5.74) is 5.13. The molecule has 1 fully saturated rings. The van der Waals surface area contributed by atoms with Gasteiger partial charge in [0.25, 0.3) is 0 Å². The molecule has 12 heteroatoms. The van der Waals surface area contributed by atoms with Crippen LogP contribution >= 0.6 is 0 Å². The smallest absolute Gasteiger partial charge is 0.385 e. The third-order valence-electron chi connectivity index (χ3n) is 4.78. The van der Waals surface area contributed by atoms with E-state index in [0.29, 0.717) is 18.2 Å². The highest BCUT2D eigenvalue weighted by atomic mass is 19.4. The number of aliphatic imine (C=N–C) groups is 2. The van der Waals surface area contributed by atoms with E-state index in [9.17, 15) is 13.2 Å². The number of nitrogens with zero attached hydrogens (tertiary/aromatic N) is 7. The van der Waals surface area contributed by atoms with Crippen LogP contribution in [0.5, 0.6) is 0 Å². The first kappa shape index (κ1) is 21.3. The number of anilines is 1. The largest absolute Gasteiger partial charge is 0.434 e. The lowest BCUT2D eigenvalue weighted by Gasteiger charge is -2.33. The van der Waals surface area contributed by atoms with Crippen molar-refractivity contribution in [2.24, 2.45) is 32.6 Å². The lowest BCUT2D eigenvalue weighted by atomic mass is 9.97. The fourth-order valence-corrected chi connectivity index (χ4v) is 3.30. The van der Waals surface area contributed by atoms with Gasteiger partial charge in [-0.1, -0.05) is 0 Å². The van der Waals surface area contributed by atoms with E-state index in [-0.39, 0.29) is 24.0 Å². The summed E-state index contributed by atoms with van der Waals surface area (Å²) >= 11 is 0. The number of amidine groups is 1. The maximum atomic E-state index is 13.1. The fraction of sp³-hybridized carbons (Fsp3) is 0.389. The van der Waals surface area contributed by atoms with E-state index in [1.54, 1.807) is 12.3 Å². The van der Waals surface area contributed by atoms with E-state index in [1.165, 1.54) is 17.3 Å². The summed E-state index contributed by atoms with van der Waals surface area (Å²) in [4.78, 5) is 19.3. The van der Waals surface area contributed by atoms with E-state index in [2.05, 4.69) is 31.8 Å². The number of alkyl halides is 3. The molecule has 1 unspecified atom stereocenters. The van der Waals surface area contributed by atoms with Gasteiger partial charge >= 0.3 is 6.18 Å². The average molecular weight is 421 g/mol. The zero-order chi connectivity index (χ0) is 21.7. The minimum atomic E-state index is -4.57. The van der Waals surface area contributed by atoms with Crippen LogP contribution in [0.15, 0.2) is 45.4 Å². The van der Waals surface area contributed by atoms with E-state index in [4.69, 9.17) is 11.6 Å². The predicted molar refractivity (Wildman–Crippen MR) is 110 cm³/mol. The molecule has 2 aliphatic rings. The van der Waals surface area contributed by atoms with Crippen molar-refractivity contribution in [1.29, 1.82) is 0 Å². The first-order valence-electron chi connectivity index (χ1n) is 9.19. The van der Waals surface area contributed by atoms with Crippen LogP contribution in [0.25, 0.3) is 5.70 Å². The molecule has 1 saturated heterocycles. The van der Waals surface area contributed by atoms with E-state index < -0.39 is 11.9 Å². The Labute approximate surface area is 171 Å². The molecule has 3 heterocycles. The zero-order valence-corrected chi connectivity index (χ0v) is 16.1. The monoisotopic (exact) mass is 421 g/mol. The second kappa shape index (κ2) is 8.93. The summed E-state index contributed by atoms with van der Waals surface area (Å²) in [6.45, 7) is 4.85. The third kappa shape index (κ3) is 4.75. The molecule has 0 radical (unpaired) electrons. The van der Waals surface area contributed by atoms with Crippen LogP contribution in [-0.4, -0.2) is 59.4 Å². The van der Waals surface area contributed by atoms with Crippen LogP contribution in [-0.2, 0) is 0 Å². The molecule has 0 spiro atoms. The number of allylic oxidation sites excluding steroid dienone is 1. The predicted octanol–water partition coefficient (Wildman–Crippen LogP) is 1.71. The molecule has 0 saturated carbocycles. The van der Waals surface area contributed by atoms with Gasteiger partial charge in [-0.3, -0.25) is 9.98 Å². The highest BCUT2D eigenvalue weighted by Crippen LogP contribution is 2.30. The van der Waals surface area contributed by atoms with E-state index >= 15 is 0 Å². The standard InChI is InChI=1S/C18H22F3N9/c1-24-9-13(29-8-6-25-14(11-29)18(19,20)21)17-26-5-4-15(27-17)30-7-2-3-12(10-30)16(22)28-23/h4-6,9,11-12H,1-3,7-8,10,23H2,(H2,22,28)/b13-9-. The van der Waals surface area contributed by atoms with Crippen LogP contribution in [0.4, 0.5) is 19.0 Å². The topological polar surface area (TPSA) is 121 Å². The highest BCUT2D eigenvalue weighted by molar-refractivity contribution is 5.83. The molecule has 4 N–H and O–H groups in total. The Bertz CT molecular complexity index is 904. The second-order valence-corrected chi connectivity index (χ2v) is 6.75. The maximum Gasteiger partial charge on any atom is 0.434 e. The highest BCUT2D eigenvalue weighted by Gasteiger charge is 2.36. The Morgan fingerprint density at radius 3 is 2.87 bits per heavy atom. The van der Waals surface area contributed by atoms with Crippen molar-refractivity contribution in [3.8, 4) is 0 Å². The molecule has 1 aromatic rings. The van der Waals surface area contributed by atoms with Crippen LogP contribution in [0.1, 0.15) is 18.7 Å². The van der Waals surface area contributed by atoms with E-state index in [0.717, 1.165) is 25.6 Å². The summed E-state index contributed by atoms with van der Waals surface area (Å²) in [5.74, 6) is 6.52. The quantitative estimate of drug-likeness (QED) is 0.323. The maximum absolute atomic E-state index is 13.1. The van der Waals surface area contributed by atoms with Crippen molar-refractivity contribution >= 4 is 30.3 Å². The number of halogens is 3. The SMILES string of the molecule is C=N/C=C(/c1nccc(N2CCCC(C(N)=NN)C2)n1)N1C=C(C(F)(F)F)N=CC1. The summed E-state index contributed by atoms with van der Waals surface area (Å²) in [6, 6.07) is 1.73. The number of rotatable bonds is 5. The molecule has 0 bridgehead atoms. The average Bonchev–Trinajstić information content (AvgIpc) is 2.76. The Kier molecular flexibility index (Phi) is 6.33. The summed E-state index contributed by atoms with van der Waals surface area (Å²) in [7, 11) is 0. The van der Waals surface area contributed by atoms with Gasteiger partial charge in [0, 0.05) is 37.6 Å². The molecular formula is C18H22F3N9. The number of hydrogen-bond donors (Lipinski definition) is 2. The van der Waals surface area contributed by atoms with Crippen molar-refractivity contribution in [2.75, 3.05) is 24.5 Å². The molecule has 1 atom stereocenters. The van der Waals surface area contributed by atoms with Crippen LogP contribution in [0.2, 0.25) is 0 Å². The van der Waals surface area contributed by atoms with Crippen molar-refractivity contribution in [3.63, 3.8) is 0 Å². The Hall–Kier alpha value is -3.44. The van der Waals surface area contributed by atoms with Crippen LogP contribution in [0.3, 0.4) is 0 Å². The van der Waals surface area contributed by atoms with Gasteiger partial charge in [0.2, 0.25) is 0 Å². The molecule has 0 aromatic carbocycles. The van der Waals surface area contributed by atoms with Gasteiger partial charge in [-0.2, -0.15) is 18.3 Å². The normalized spacial score (nSPS) is 20.9. The minimum Gasteiger partial charge on any atom is -0.385 e. The Balaban J connectivity index is 1.89. The van der Waals surface area contributed by atoms with Gasteiger partial charge in [-0.05, 0) is 25.6 Å². The molecule has 0 amide bonds. The molecule has 2 aliphatic heterocycles. The van der Waals surface area contributed by atoms with Crippen LogP contribution in [0, 0.1) is 5.92 Å². The number of hydrazone groups is 1. The number of hydrogen-bond acceptors (Lipinski definition) is 8. The first-order valence-corrected chi connectivity index (χ1v) is 9.19. The molecule has 3 rings (SSSR count). The lowest BCUT2D eigenvalue weighted by molar-refractivity contribution is -0.0934. The second-order valence-electron chi connectivity index (χ2n) is 6.75. The van der Waals surface area contributed by atoms with Crippen molar-refractivity contribution in [3.05, 3.63) is 36.2 Å². The van der Waals surface area contributed by atoms with E-state index in [1.807, 2.05) is 4.90 Å². The Morgan fingerprint density at radius 1 is 1.37 bits per heavy atom. The third-order valence-corrected chi connectivity index (χ3v) is 4.78. The summed E-state index contributed by atoms with van der Waals surface area (Å²) < 4.78 is 39.2. The number of nitrogens with two attached hydrogens (primary N) is 2. The lowest BCUT2D eigenvalue weighted by Crippen LogP contribution is -2.42. The number of piperidine rings is 1. The van der Waals surface area contributed by atoms with Gasteiger partial charge in [0.05, 0.1) is 12.7 Å². The fourth-order valence-electron chi connectivity index (χ4n) is 3.30. The van der Waals surface area contributed by atoms with Crippen molar-refractivity contribution in [2.45, 2.75) is 19.0 Å². The van der Waals surface area contributed by atoms with Crippen molar-refractivity contribution in [1.82, 2.24) is 14.9 Å². The van der Waals surface area contributed by atoms with Gasteiger partial charge in [0.1, 0.15) is 17.4 Å². The molecule has 0 aliphatic carbocycles.